The van der Waals surface area contributed by atoms with Crippen molar-refractivity contribution in [2.45, 2.75) is 37.8 Å². The van der Waals surface area contributed by atoms with Gasteiger partial charge in [-0.25, -0.2) is 4.39 Å². The van der Waals surface area contributed by atoms with Crippen LogP contribution < -0.4 is 5.32 Å². The van der Waals surface area contributed by atoms with Crippen molar-refractivity contribution in [3.8, 4) is 0 Å². The van der Waals surface area contributed by atoms with Crippen LogP contribution in [0, 0.1) is 17.7 Å². The van der Waals surface area contributed by atoms with Gasteiger partial charge in [0, 0.05) is 16.6 Å². The van der Waals surface area contributed by atoms with Gasteiger partial charge in [0.1, 0.15) is 5.82 Å². The number of hydrogen-bond acceptors (Lipinski definition) is 2. The smallest absolute Gasteiger partial charge is 0.142 e. The van der Waals surface area contributed by atoms with Crippen molar-refractivity contribution in [2.75, 3.05) is 6.54 Å². The van der Waals surface area contributed by atoms with E-state index >= 15 is 0 Å². The Balaban J connectivity index is 1.73. The molecule has 0 amide bonds. The summed E-state index contributed by atoms with van der Waals surface area (Å²) in [6.07, 6.45) is 3.59. The average molecular weight is 318 g/mol. The summed E-state index contributed by atoms with van der Waals surface area (Å²) in [5.74, 6) is 0.841. The van der Waals surface area contributed by atoms with Gasteiger partial charge in [0.15, 0.2) is 0 Å². The maximum absolute atomic E-state index is 13.5. The lowest BCUT2D eigenvalue weighted by Crippen LogP contribution is -2.29. The second-order valence-corrected chi connectivity index (χ2v) is 6.72. The van der Waals surface area contributed by atoms with E-state index in [1.54, 1.807) is 0 Å². The maximum Gasteiger partial charge on any atom is 0.142 e. The van der Waals surface area contributed by atoms with Gasteiger partial charge in [-0.05, 0) is 49.8 Å². The summed E-state index contributed by atoms with van der Waals surface area (Å²) < 4.78 is 13.5. The van der Waals surface area contributed by atoms with Crippen molar-refractivity contribution in [3.63, 3.8) is 0 Å². The highest BCUT2D eigenvalue weighted by Gasteiger charge is 2.39. The Labute approximate surface area is 128 Å². The van der Waals surface area contributed by atoms with E-state index in [-0.39, 0.29) is 5.02 Å². The van der Waals surface area contributed by atoms with Crippen LogP contribution in [0.5, 0.6) is 0 Å². The van der Waals surface area contributed by atoms with Crippen molar-refractivity contribution >= 4 is 23.2 Å². The number of hydrogen-bond donors (Lipinski definition) is 2. The maximum atomic E-state index is 13.5. The van der Waals surface area contributed by atoms with E-state index in [0.717, 1.165) is 12.5 Å². The molecule has 20 heavy (non-hydrogen) atoms. The molecule has 2 nitrogen and oxygen atoms in total. The first-order chi connectivity index (χ1) is 9.56. The summed E-state index contributed by atoms with van der Waals surface area (Å²) in [5.41, 5.74) is 0.428. The van der Waals surface area contributed by atoms with E-state index in [4.69, 9.17) is 23.2 Å². The molecular formula is C15H18Cl2FNO. The molecule has 1 aliphatic carbocycles. The number of halogens is 3. The Bertz CT molecular complexity index is 511. The topological polar surface area (TPSA) is 32.3 Å². The van der Waals surface area contributed by atoms with Gasteiger partial charge in [-0.15, -0.1) is 0 Å². The predicted molar refractivity (Wildman–Crippen MR) is 78.6 cm³/mol. The number of fused-ring (bicyclic) bond motifs is 1. The molecule has 5 heteroatoms. The molecule has 4 unspecified atom stereocenters. The molecule has 1 heterocycles. The minimum absolute atomic E-state index is 0.0131. The third-order valence-electron chi connectivity index (χ3n) is 4.75. The number of rotatable bonds is 3. The lowest BCUT2D eigenvalue weighted by molar-refractivity contribution is 0.144. The molecule has 1 saturated carbocycles. The largest absolute Gasteiger partial charge is 0.388 e. The van der Waals surface area contributed by atoms with Crippen molar-refractivity contribution in [2.24, 2.45) is 11.8 Å². The highest BCUT2D eigenvalue weighted by atomic mass is 35.5. The Morgan fingerprint density at radius 2 is 2.10 bits per heavy atom. The minimum atomic E-state index is -0.758. The van der Waals surface area contributed by atoms with Crippen molar-refractivity contribution < 1.29 is 9.50 Å². The van der Waals surface area contributed by atoms with Crippen LogP contribution in [0.2, 0.25) is 10.0 Å². The first-order valence-electron chi connectivity index (χ1n) is 7.12. The van der Waals surface area contributed by atoms with Gasteiger partial charge in [-0.3, -0.25) is 0 Å². The van der Waals surface area contributed by atoms with Crippen LogP contribution in [0.4, 0.5) is 4.39 Å². The normalized spacial score (nSPS) is 30.5. The van der Waals surface area contributed by atoms with Crippen LogP contribution in [0.15, 0.2) is 12.1 Å². The summed E-state index contributed by atoms with van der Waals surface area (Å²) in [5, 5.41) is 14.2. The zero-order valence-electron chi connectivity index (χ0n) is 11.1. The van der Waals surface area contributed by atoms with E-state index in [0.29, 0.717) is 29.0 Å². The molecule has 1 aliphatic heterocycles. The summed E-state index contributed by atoms with van der Waals surface area (Å²) in [4.78, 5) is 0. The highest BCUT2D eigenvalue weighted by Crippen LogP contribution is 2.41. The monoisotopic (exact) mass is 317 g/mol. The van der Waals surface area contributed by atoms with E-state index in [2.05, 4.69) is 5.32 Å². The van der Waals surface area contributed by atoms with Gasteiger partial charge in [-0.1, -0.05) is 29.6 Å². The second-order valence-electron chi connectivity index (χ2n) is 5.91. The van der Waals surface area contributed by atoms with Gasteiger partial charge < -0.3 is 10.4 Å². The molecular weight excluding hydrogens is 300 g/mol. The van der Waals surface area contributed by atoms with Crippen LogP contribution >= 0.6 is 23.2 Å². The van der Waals surface area contributed by atoms with Gasteiger partial charge in [0.25, 0.3) is 0 Å². The lowest BCUT2D eigenvalue weighted by atomic mass is 9.89. The fourth-order valence-electron chi connectivity index (χ4n) is 3.72. The fourth-order valence-corrected chi connectivity index (χ4v) is 4.23. The number of aliphatic hydroxyl groups excluding tert-OH is 1. The SMILES string of the molecule is OC(CC1NCC2CCCC21)c1cc(F)c(Cl)cc1Cl. The first kappa shape index (κ1) is 14.6. The molecule has 1 aromatic carbocycles. The summed E-state index contributed by atoms with van der Waals surface area (Å²) >= 11 is 11.7. The molecule has 3 rings (SSSR count). The Morgan fingerprint density at radius 3 is 2.90 bits per heavy atom. The Kier molecular flexibility index (Phi) is 4.23. The van der Waals surface area contributed by atoms with Crippen molar-refractivity contribution in [1.82, 2.24) is 5.32 Å². The number of nitrogens with one attached hydrogen (secondary N) is 1. The van der Waals surface area contributed by atoms with Gasteiger partial charge in [0.2, 0.25) is 0 Å². The number of aliphatic hydroxyl groups is 1. The standard InChI is InChI=1S/C15H18Cl2FNO/c16-11-5-12(17)13(18)4-10(11)15(20)6-14-9-3-1-2-8(9)7-19-14/h4-5,8-9,14-15,19-20H,1-3,6-7H2. The Morgan fingerprint density at radius 1 is 1.30 bits per heavy atom. The molecule has 2 fully saturated rings. The molecule has 1 aromatic rings. The Hall–Kier alpha value is -0.350. The quantitative estimate of drug-likeness (QED) is 0.827. The van der Waals surface area contributed by atoms with E-state index in [1.165, 1.54) is 31.4 Å². The average Bonchev–Trinajstić information content (AvgIpc) is 2.98. The third kappa shape index (κ3) is 2.69. The summed E-state index contributed by atoms with van der Waals surface area (Å²) in [6.45, 7) is 1.03. The molecule has 0 aromatic heterocycles. The van der Waals surface area contributed by atoms with Gasteiger partial charge >= 0.3 is 0 Å². The summed E-state index contributed by atoms with van der Waals surface area (Å²) in [6, 6.07) is 2.90. The number of benzene rings is 1. The minimum Gasteiger partial charge on any atom is -0.388 e. The second kappa shape index (κ2) is 5.80. The van der Waals surface area contributed by atoms with Gasteiger partial charge in [0.05, 0.1) is 11.1 Å². The van der Waals surface area contributed by atoms with Crippen LogP contribution in [0.3, 0.4) is 0 Å². The molecule has 0 bridgehead atoms. The van der Waals surface area contributed by atoms with Crippen LogP contribution in [0.25, 0.3) is 0 Å². The molecule has 2 aliphatic rings. The summed E-state index contributed by atoms with van der Waals surface area (Å²) in [7, 11) is 0. The predicted octanol–water partition coefficient (Wildman–Crippen LogP) is 3.94. The molecule has 0 spiro atoms. The molecule has 110 valence electrons. The highest BCUT2D eigenvalue weighted by molar-refractivity contribution is 6.35. The van der Waals surface area contributed by atoms with E-state index < -0.39 is 11.9 Å². The van der Waals surface area contributed by atoms with Crippen LogP contribution in [-0.2, 0) is 0 Å². The van der Waals surface area contributed by atoms with E-state index in [9.17, 15) is 9.50 Å². The van der Waals surface area contributed by atoms with Crippen LogP contribution in [-0.4, -0.2) is 17.7 Å². The molecule has 0 radical (unpaired) electrons. The van der Waals surface area contributed by atoms with Gasteiger partial charge in [-0.2, -0.15) is 0 Å². The molecule has 2 N–H and O–H groups in total. The van der Waals surface area contributed by atoms with Crippen molar-refractivity contribution in [3.05, 3.63) is 33.6 Å². The third-order valence-corrected chi connectivity index (χ3v) is 5.37. The van der Waals surface area contributed by atoms with Crippen LogP contribution in [0.1, 0.15) is 37.4 Å². The van der Waals surface area contributed by atoms with E-state index in [1.807, 2.05) is 0 Å². The lowest BCUT2D eigenvalue weighted by Gasteiger charge is -2.22. The molecule has 1 saturated heterocycles. The molecule has 4 atom stereocenters. The zero-order chi connectivity index (χ0) is 14.3. The fraction of sp³-hybridized carbons (Fsp3) is 0.600. The first-order valence-corrected chi connectivity index (χ1v) is 7.87. The van der Waals surface area contributed by atoms with Crippen molar-refractivity contribution in [1.29, 1.82) is 0 Å². The zero-order valence-corrected chi connectivity index (χ0v) is 12.6.